The van der Waals surface area contributed by atoms with Gasteiger partial charge < -0.3 is 0 Å². The molecule has 13 heavy (non-hydrogen) atoms. The van der Waals surface area contributed by atoms with E-state index < -0.39 is 11.6 Å². The van der Waals surface area contributed by atoms with Crippen LogP contribution in [-0.4, -0.2) is 0 Å². The van der Waals surface area contributed by atoms with Gasteiger partial charge in [0.1, 0.15) is 11.6 Å². The van der Waals surface area contributed by atoms with E-state index in [4.69, 9.17) is 23.2 Å². The summed E-state index contributed by atoms with van der Waals surface area (Å²) in [5, 5.41) is -0.414. The molecule has 0 saturated heterocycles. The summed E-state index contributed by atoms with van der Waals surface area (Å²) in [6.07, 6.45) is 0. The highest BCUT2D eigenvalue weighted by Crippen LogP contribution is 2.33. The fourth-order valence-corrected chi connectivity index (χ4v) is 1.65. The minimum atomic E-state index is -0.684. The van der Waals surface area contributed by atoms with Crippen molar-refractivity contribution in [3.63, 3.8) is 0 Å². The van der Waals surface area contributed by atoms with Gasteiger partial charge in [0.15, 0.2) is 0 Å². The van der Waals surface area contributed by atoms with Crippen LogP contribution in [0.4, 0.5) is 8.78 Å². The maximum atomic E-state index is 13.3. The third-order valence-corrected chi connectivity index (χ3v) is 2.38. The van der Waals surface area contributed by atoms with E-state index in [-0.39, 0.29) is 21.5 Å². The first-order valence-electron chi connectivity index (χ1n) is 3.78. The van der Waals surface area contributed by atoms with Crippen LogP contribution in [0, 0.1) is 11.6 Å². The minimum Gasteiger partial charge on any atom is -0.205 e. The van der Waals surface area contributed by atoms with E-state index in [9.17, 15) is 8.78 Å². The van der Waals surface area contributed by atoms with Crippen molar-refractivity contribution in [3.05, 3.63) is 33.3 Å². The second kappa shape index (κ2) is 3.81. The standard InChI is InChI=1S/C9H8Cl2F2/c1-4(2)7-8(11)6(12)3-5(10)9(7)13/h3-4H,1-2H3. The first-order chi connectivity index (χ1) is 5.95. The summed E-state index contributed by atoms with van der Waals surface area (Å²) >= 11 is 11.1. The Labute approximate surface area is 85.5 Å². The van der Waals surface area contributed by atoms with E-state index in [0.717, 1.165) is 6.07 Å². The number of hydrogen-bond acceptors (Lipinski definition) is 0. The third-order valence-electron chi connectivity index (χ3n) is 1.72. The Morgan fingerprint density at radius 1 is 1.23 bits per heavy atom. The normalized spacial score (nSPS) is 11.0. The van der Waals surface area contributed by atoms with Gasteiger partial charge in [0, 0.05) is 5.56 Å². The van der Waals surface area contributed by atoms with Crippen molar-refractivity contribution in [1.82, 2.24) is 0 Å². The molecule has 0 aliphatic carbocycles. The molecular formula is C9H8Cl2F2. The summed E-state index contributed by atoms with van der Waals surface area (Å²) < 4.78 is 26.3. The van der Waals surface area contributed by atoms with E-state index in [2.05, 4.69) is 0 Å². The highest BCUT2D eigenvalue weighted by Gasteiger charge is 2.18. The van der Waals surface area contributed by atoms with E-state index in [1.165, 1.54) is 0 Å². The van der Waals surface area contributed by atoms with Crippen LogP contribution in [0.3, 0.4) is 0 Å². The number of hydrogen-bond donors (Lipinski definition) is 0. The van der Waals surface area contributed by atoms with Crippen LogP contribution < -0.4 is 0 Å². The fraction of sp³-hybridized carbons (Fsp3) is 0.333. The fourth-order valence-electron chi connectivity index (χ4n) is 1.10. The van der Waals surface area contributed by atoms with Crippen molar-refractivity contribution in [2.24, 2.45) is 0 Å². The lowest BCUT2D eigenvalue weighted by Crippen LogP contribution is -1.98. The van der Waals surface area contributed by atoms with Crippen molar-refractivity contribution in [1.29, 1.82) is 0 Å². The van der Waals surface area contributed by atoms with E-state index in [1.54, 1.807) is 13.8 Å². The molecule has 0 radical (unpaired) electrons. The highest BCUT2D eigenvalue weighted by atomic mass is 35.5. The molecule has 0 amide bonds. The quantitative estimate of drug-likeness (QED) is 0.621. The number of benzene rings is 1. The van der Waals surface area contributed by atoms with Gasteiger partial charge in [0.2, 0.25) is 0 Å². The van der Waals surface area contributed by atoms with Crippen molar-refractivity contribution in [2.75, 3.05) is 0 Å². The van der Waals surface area contributed by atoms with Gasteiger partial charge in [-0.2, -0.15) is 0 Å². The first-order valence-corrected chi connectivity index (χ1v) is 4.53. The van der Waals surface area contributed by atoms with Gasteiger partial charge in [-0.05, 0) is 12.0 Å². The predicted molar refractivity (Wildman–Crippen MR) is 50.5 cm³/mol. The van der Waals surface area contributed by atoms with E-state index in [1.807, 2.05) is 0 Å². The summed E-state index contributed by atoms with van der Waals surface area (Å²) in [5.74, 6) is -1.51. The minimum absolute atomic E-state index is 0.131. The van der Waals surface area contributed by atoms with E-state index >= 15 is 0 Å². The molecule has 0 atom stereocenters. The summed E-state index contributed by atoms with van der Waals surface area (Å²) in [6, 6.07) is 0.880. The Bertz CT molecular complexity index is 309. The lowest BCUT2D eigenvalue weighted by Gasteiger charge is -2.11. The molecule has 0 heterocycles. The van der Waals surface area contributed by atoms with Crippen LogP contribution in [0.2, 0.25) is 10.0 Å². The number of halogens is 4. The smallest absolute Gasteiger partial charge is 0.146 e. The van der Waals surface area contributed by atoms with Crippen molar-refractivity contribution in [2.45, 2.75) is 19.8 Å². The topological polar surface area (TPSA) is 0 Å². The van der Waals surface area contributed by atoms with Crippen LogP contribution in [0.15, 0.2) is 6.07 Å². The second-order valence-electron chi connectivity index (χ2n) is 3.04. The molecule has 0 bridgehead atoms. The zero-order valence-electron chi connectivity index (χ0n) is 7.17. The summed E-state index contributed by atoms with van der Waals surface area (Å²) in [6.45, 7) is 3.44. The number of rotatable bonds is 1. The Morgan fingerprint density at radius 3 is 2.23 bits per heavy atom. The Morgan fingerprint density at radius 2 is 1.77 bits per heavy atom. The van der Waals surface area contributed by atoms with Crippen LogP contribution in [-0.2, 0) is 0 Å². The summed E-state index contributed by atoms with van der Waals surface area (Å²) in [7, 11) is 0. The van der Waals surface area contributed by atoms with Crippen LogP contribution >= 0.6 is 23.2 Å². The van der Waals surface area contributed by atoms with Gasteiger partial charge in [-0.25, -0.2) is 8.78 Å². The molecule has 0 aliphatic heterocycles. The van der Waals surface area contributed by atoms with Crippen molar-refractivity contribution < 1.29 is 8.78 Å². The van der Waals surface area contributed by atoms with Crippen molar-refractivity contribution >= 4 is 23.2 Å². The molecule has 72 valence electrons. The van der Waals surface area contributed by atoms with Gasteiger partial charge in [0.05, 0.1) is 10.0 Å². The zero-order valence-corrected chi connectivity index (χ0v) is 8.68. The molecule has 0 saturated carbocycles. The Balaban J connectivity index is 3.46. The van der Waals surface area contributed by atoms with Gasteiger partial charge in [-0.1, -0.05) is 37.0 Å². The lowest BCUT2D eigenvalue weighted by molar-refractivity contribution is 0.576. The molecule has 0 unspecified atom stereocenters. The molecule has 0 spiro atoms. The molecule has 4 heteroatoms. The molecule has 1 aromatic carbocycles. The second-order valence-corrected chi connectivity index (χ2v) is 3.82. The zero-order chi connectivity index (χ0) is 10.2. The molecule has 0 nitrogen and oxygen atoms in total. The molecule has 0 aromatic heterocycles. The molecule has 0 aliphatic rings. The average Bonchev–Trinajstić information content (AvgIpc) is 2.01. The Hall–Kier alpha value is -0.340. The maximum absolute atomic E-state index is 13.3. The van der Waals surface area contributed by atoms with Crippen molar-refractivity contribution in [3.8, 4) is 0 Å². The van der Waals surface area contributed by atoms with Gasteiger partial charge >= 0.3 is 0 Å². The maximum Gasteiger partial charge on any atom is 0.146 e. The Kier molecular flexibility index (Phi) is 3.14. The molecule has 1 rings (SSSR count). The predicted octanol–water partition coefficient (Wildman–Crippen LogP) is 4.40. The first kappa shape index (κ1) is 10.7. The SMILES string of the molecule is CC(C)c1c(F)c(Cl)cc(F)c1Cl. The lowest BCUT2D eigenvalue weighted by atomic mass is 10.0. The summed E-state index contributed by atoms with van der Waals surface area (Å²) in [4.78, 5) is 0. The summed E-state index contributed by atoms with van der Waals surface area (Å²) in [5.41, 5.74) is 0.131. The van der Waals surface area contributed by atoms with E-state index in [0.29, 0.717) is 0 Å². The van der Waals surface area contributed by atoms with Crippen LogP contribution in [0.1, 0.15) is 25.3 Å². The van der Waals surface area contributed by atoms with Gasteiger partial charge in [-0.3, -0.25) is 0 Å². The average molecular weight is 225 g/mol. The highest BCUT2D eigenvalue weighted by molar-refractivity contribution is 6.33. The third kappa shape index (κ3) is 1.94. The molecule has 0 fully saturated rings. The molecule has 0 N–H and O–H groups in total. The largest absolute Gasteiger partial charge is 0.205 e. The van der Waals surface area contributed by atoms with Crippen LogP contribution in [0.25, 0.3) is 0 Å². The van der Waals surface area contributed by atoms with Crippen LogP contribution in [0.5, 0.6) is 0 Å². The van der Waals surface area contributed by atoms with Gasteiger partial charge in [-0.15, -0.1) is 0 Å². The van der Waals surface area contributed by atoms with Gasteiger partial charge in [0.25, 0.3) is 0 Å². The molecular weight excluding hydrogens is 217 g/mol. The monoisotopic (exact) mass is 224 g/mol. The molecule has 1 aromatic rings.